The molecule has 0 radical (unpaired) electrons. The van der Waals surface area contributed by atoms with Gasteiger partial charge >= 0.3 is 0 Å². The number of rotatable bonds is 4. The molecule has 3 rings (SSSR count). The van der Waals surface area contributed by atoms with Gasteiger partial charge in [-0.15, -0.1) is 0 Å². The molecule has 0 saturated heterocycles. The van der Waals surface area contributed by atoms with Crippen molar-refractivity contribution < 1.29 is 4.39 Å². The number of aryl methyl sites for hydroxylation is 1. The molecule has 1 fully saturated rings. The molecule has 104 valence electrons. The predicted molar refractivity (Wildman–Crippen MR) is 78.3 cm³/mol. The van der Waals surface area contributed by atoms with Crippen LogP contribution in [0, 0.1) is 12.7 Å². The molecule has 1 N–H and O–H groups in total. The summed E-state index contributed by atoms with van der Waals surface area (Å²) in [7, 11) is 0. The quantitative estimate of drug-likeness (QED) is 0.916. The van der Waals surface area contributed by atoms with Gasteiger partial charge in [-0.2, -0.15) is 0 Å². The van der Waals surface area contributed by atoms with Gasteiger partial charge in [-0.05, 0) is 38.2 Å². The average molecular weight is 271 g/mol. The van der Waals surface area contributed by atoms with Gasteiger partial charge in [0.15, 0.2) is 17.5 Å². The lowest BCUT2D eigenvalue weighted by atomic mass is 10.0. The molecule has 1 aromatic heterocycles. The maximum Gasteiger partial charge on any atom is 0.186 e. The molecule has 4 heteroatoms. The Morgan fingerprint density at radius 1 is 1.25 bits per heavy atom. The Morgan fingerprint density at radius 2 is 2.00 bits per heavy atom. The van der Waals surface area contributed by atoms with Crippen molar-refractivity contribution in [2.24, 2.45) is 0 Å². The topological polar surface area (TPSA) is 37.8 Å². The van der Waals surface area contributed by atoms with Crippen LogP contribution in [0.1, 0.15) is 36.9 Å². The highest BCUT2D eigenvalue weighted by Gasteiger charge is 2.27. The molecule has 0 atom stereocenters. The van der Waals surface area contributed by atoms with Crippen molar-refractivity contribution >= 4 is 5.82 Å². The van der Waals surface area contributed by atoms with Crippen molar-refractivity contribution in [3.8, 4) is 11.4 Å². The number of nitrogens with one attached hydrogen (secondary N) is 1. The monoisotopic (exact) mass is 271 g/mol. The molecular weight excluding hydrogens is 253 g/mol. The van der Waals surface area contributed by atoms with Gasteiger partial charge in [-0.25, -0.2) is 14.4 Å². The summed E-state index contributed by atoms with van der Waals surface area (Å²) in [5.74, 6) is 1.16. The van der Waals surface area contributed by atoms with E-state index in [1.54, 1.807) is 6.92 Å². The first-order valence-electron chi connectivity index (χ1n) is 7.08. The van der Waals surface area contributed by atoms with Crippen LogP contribution >= 0.6 is 0 Å². The first-order valence-corrected chi connectivity index (χ1v) is 7.08. The number of anilines is 1. The summed E-state index contributed by atoms with van der Waals surface area (Å²) in [4.78, 5) is 8.70. The Labute approximate surface area is 118 Å². The number of nitrogens with zero attached hydrogens (tertiary/aromatic N) is 2. The number of hydrogen-bond acceptors (Lipinski definition) is 3. The van der Waals surface area contributed by atoms with Crippen molar-refractivity contribution in [3.05, 3.63) is 41.3 Å². The Kier molecular flexibility index (Phi) is 3.38. The molecule has 1 aromatic carbocycles. The van der Waals surface area contributed by atoms with E-state index in [0.29, 0.717) is 29.8 Å². The minimum atomic E-state index is -0.362. The van der Waals surface area contributed by atoms with E-state index in [4.69, 9.17) is 0 Å². The SMILES string of the molecule is CCNc1nc(-c2ccccc2C2CC2)nc(C)c1F. The Balaban J connectivity index is 2.10. The molecule has 1 heterocycles. The third kappa shape index (κ3) is 2.38. The summed E-state index contributed by atoms with van der Waals surface area (Å²) >= 11 is 0. The second kappa shape index (κ2) is 5.19. The third-order valence-electron chi connectivity index (χ3n) is 3.58. The molecule has 0 bridgehead atoms. The molecule has 20 heavy (non-hydrogen) atoms. The van der Waals surface area contributed by atoms with E-state index < -0.39 is 0 Å². The summed E-state index contributed by atoms with van der Waals surface area (Å²) in [6, 6.07) is 8.17. The normalized spacial score (nSPS) is 14.3. The van der Waals surface area contributed by atoms with Crippen molar-refractivity contribution in [2.45, 2.75) is 32.6 Å². The first kappa shape index (κ1) is 13.0. The minimum Gasteiger partial charge on any atom is -0.368 e. The van der Waals surface area contributed by atoms with Crippen molar-refractivity contribution in [3.63, 3.8) is 0 Å². The molecule has 1 aliphatic carbocycles. The zero-order valence-electron chi connectivity index (χ0n) is 11.8. The van der Waals surface area contributed by atoms with Gasteiger partial charge < -0.3 is 5.32 Å². The Bertz CT molecular complexity index is 636. The highest BCUT2D eigenvalue weighted by molar-refractivity contribution is 5.64. The minimum absolute atomic E-state index is 0.292. The first-order chi connectivity index (χ1) is 9.70. The average Bonchev–Trinajstić information content (AvgIpc) is 3.28. The van der Waals surface area contributed by atoms with Crippen molar-refractivity contribution in [1.82, 2.24) is 9.97 Å². The summed E-state index contributed by atoms with van der Waals surface area (Å²) in [6.07, 6.45) is 2.44. The lowest BCUT2D eigenvalue weighted by Gasteiger charge is -2.11. The zero-order chi connectivity index (χ0) is 14.1. The van der Waals surface area contributed by atoms with Crippen molar-refractivity contribution in [1.29, 1.82) is 0 Å². The summed E-state index contributed by atoms with van der Waals surface area (Å²) in [5, 5.41) is 2.96. The van der Waals surface area contributed by atoms with Crippen LogP contribution in [0.4, 0.5) is 10.2 Å². The summed E-state index contributed by atoms with van der Waals surface area (Å²) < 4.78 is 14.0. The Hall–Kier alpha value is -1.97. The third-order valence-corrected chi connectivity index (χ3v) is 3.58. The second-order valence-electron chi connectivity index (χ2n) is 5.19. The van der Waals surface area contributed by atoms with Crippen LogP contribution in [0.5, 0.6) is 0 Å². The van der Waals surface area contributed by atoms with E-state index in [2.05, 4.69) is 21.4 Å². The van der Waals surface area contributed by atoms with Crippen LogP contribution in [0.3, 0.4) is 0 Å². The molecule has 1 aliphatic rings. The molecule has 0 unspecified atom stereocenters. The number of halogens is 1. The maximum absolute atomic E-state index is 14.0. The number of hydrogen-bond donors (Lipinski definition) is 1. The van der Waals surface area contributed by atoms with Gasteiger partial charge in [0, 0.05) is 12.1 Å². The van der Waals surface area contributed by atoms with Gasteiger partial charge in [0.1, 0.15) is 0 Å². The fourth-order valence-electron chi connectivity index (χ4n) is 2.42. The van der Waals surface area contributed by atoms with E-state index in [1.807, 2.05) is 25.1 Å². The van der Waals surface area contributed by atoms with Gasteiger partial charge in [0.25, 0.3) is 0 Å². The van der Waals surface area contributed by atoms with Crippen LogP contribution in [0.25, 0.3) is 11.4 Å². The van der Waals surface area contributed by atoms with Gasteiger partial charge in [0.05, 0.1) is 5.69 Å². The highest BCUT2D eigenvalue weighted by Crippen LogP contribution is 2.43. The molecule has 1 saturated carbocycles. The molecular formula is C16H18FN3. The van der Waals surface area contributed by atoms with E-state index in [-0.39, 0.29) is 5.82 Å². The smallest absolute Gasteiger partial charge is 0.186 e. The van der Waals surface area contributed by atoms with Crippen LogP contribution in [-0.4, -0.2) is 16.5 Å². The van der Waals surface area contributed by atoms with Gasteiger partial charge in [-0.1, -0.05) is 24.3 Å². The van der Waals surface area contributed by atoms with Gasteiger partial charge in [0.2, 0.25) is 0 Å². The molecule has 2 aromatic rings. The van der Waals surface area contributed by atoms with E-state index >= 15 is 0 Å². The zero-order valence-corrected chi connectivity index (χ0v) is 11.8. The fraction of sp³-hybridized carbons (Fsp3) is 0.375. The van der Waals surface area contributed by atoms with E-state index in [1.165, 1.54) is 18.4 Å². The highest BCUT2D eigenvalue weighted by atomic mass is 19.1. The van der Waals surface area contributed by atoms with E-state index in [9.17, 15) is 4.39 Å². The van der Waals surface area contributed by atoms with Crippen LogP contribution in [0.2, 0.25) is 0 Å². The molecule has 0 aliphatic heterocycles. The summed E-state index contributed by atoms with van der Waals surface area (Å²) in [5.41, 5.74) is 2.69. The number of benzene rings is 1. The standard InChI is InChI=1S/C16H18FN3/c1-3-18-16-14(17)10(2)19-15(20-16)13-7-5-4-6-12(13)11-8-9-11/h4-7,11H,3,8-9H2,1-2H3,(H,18,19,20). The summed E-state index contributed by atoms with van der Waals surface area (Å²) in [6.45, 7) is 4.24. The lowest BCUT2D eigenvalue weighted by Crippen LogP contribution is -2.07. The second-order valence-corrected chi connectivity index (χ2v) is 5.19. The molecule has 0 spiro atoms. The van der Waals surface area contributed by atoms with Gasteiger partial charge in [-0.3, -0.25) is 0 Å². The van der Waals surface area contributed by atoms with E-state index in [0.717, 1.165) is 5.56 Å². The number of aromatic nitrogens is 2. The lowest BCUT2D eigenvalue weighted by molar-refractivity contribution is 0.606. The predicted octanol–water partition coefficient (Wildman–Crippen LogP) is 3.90. The van der Waals surface area contributed by atoms with Crippen LogP contribution in [0.15, 0.2) is 24.3 Å². The molecule has 0 amide bonds. The Morgan fingerprint density at radius 3 is 2.70 bits per heavy atom. The van der Waals surface area contributed by atoms with Crippen LogP contribution < -0.4 is 5.32 Å². The largest absolute Gasteiger partial charge is 0.368 e. The molecule has 3 nitrogen and oxygen atoms in total. The van der Waals surface area contributed by atoms with Crippen molar-refractivity contribution in [2.75, 3.05) is 11.9 Å². The fourth-order valence-corrected chi connectivity index (χ4v) is 2.42. The van der Waals surface area contributed by atoms with Crippen LogP contribution in [-0.2, 0) is 0 Å². The maximum atomic E-state index is 14.0.